The fourth-order valence-electron chi connectivity index (χ4n) is 8.54. The van der Waals surface area contributed by atoms with Gasteiger partial charge in [-0.3, -0.25) is 4.98 Å². The van der Waals surface area contributed by atoms with Gasteiger partial charge in [0.1, 0.15) is 0 Å². The SMILES string of the molecule is CC1(C)c2c(cccc2-c2ccc(-c3cc(-c4ccc(-c5cccnc5)cc4)nc(-c4ccccc4)n3)c3ccccc23)-c2ccc3ccccc3c21. The summed E-state index contributed by atoms with van der Waals surface area (Å²) in [5, 5.41) is 4.99. The van der Waals surface area contributed by atoms with Crippen LogP contribution in [0.4, 0.5) is 0 Å². The Bertz CT molecular complexity index is 2840. The molecule has 3 nitrogen and oxygen atoms in total. The van der Waals surface area contributed by atoms with Crippen LogP contribution < -0.4 is 0 Å². The van der Waals surface area contributed by atoms with Crippen LogP contribution in [0.3, 0.4) is 0 Å². The van der Waals surface area contributed by atoms with Gasteiger partial charge in [-0.05, 0) is 78.2 Å². The lowest BCUT2D eigenvalue weighted by atomic mass is 9.77. The molecule has 1 aliphatic carbocycles. The minimum Gasteiger partial charge on any atom is -0.264 e. The Morgan fingerprint density at radius 1 is 0.396 bits per heavy atom. The topological polar surface area (TPSA) is 38.7 Å². The summed E-state index contributed by atoms with van der Waals surface area (Å²) in [5.74, 6) is 0.704. The maximum atomic E-state index is 5.23. The van der Waals surface area contributed by atoms with Gasteiger partial charge in [-0.25, -0.2) is 9.97 Å². The molecule has 53 heavy (non-hydrogen) atoms. The van der Waals surface area contributed by atoms with Crippen molar-refractivity contribution in [2.75, 3.05) is 0 Å². The van der Waals surface area contributed by atoms with E-state index < -0.39 is 0 Å². The molecule has 250 valence electrons. The molecule has 0 aliphatic heterocycles. The zero-order chi connectivity index (χ0) is 35.5. The number of nitrogens with zero attached hydrogens (tertiary/aromatic N) is 3. The zero-order valence-electron chi connectivity index (χ0n) is 29.6. The summed E-state index contributed by atoms with van der Waals surface area (Å²) in [4.78, 5) is 14.7. The fraction of sp³-hybridized carbons (Fsp3) is 0.0600. The highest BCUT2D eigenvalue weighted by molar-refractivity contribution is 6.07. The second-order valence-corrected chi connectivity index (χ2v) is 14.4. The van der Waals surface area contributed by atoms with E-state index in [-0.39, 0.29) is 5.41 Å². The van der Waals surface area contributed by atoms with Crippen LogP contribution >= 0.6 is 0 Å². The first kappa shape index (κ1) is 31.1. The quantitative estimate of drug-likeness (QED) is 0.182. The Morgan fingerprint density at radius 3 is 1.77 bits per heavy atom. The van der Waals surface area contributed by atoms with Crippen molar-refractivity contribution in [3.05, 3.63) is 187 Å². The molecule has 0 N–H and O–H groups in total. The average molecular weight is 678 g/mol. The van der Waals surface area contributed by atoms with Gasteiger partial charge in [0.05, 0.1) is 11.4 Å². The molecule has 0 saturated carbocycles. The summed E-state index contributed by atoms with van der Waals surface area (Å²) in [5.41, 5.74) is 14.9. The van der Waals surface area contributed by atoms with Crippen molar-refractivity contribution in [3.63, 3.8) is 0 Å². The van der Waals surface area contributed by atoms with Gasteiger partial charge in [0.15, 0.2) is 5.82 Å². The van der Waals surface area contributed by atoms with Gasteiger partial charge in [-0.2, -0.15) is 0 Å². The number of benzene rings is 7. The van der Waals surface area contributed by atoms with Crippen molar-refractivity contribution < 1.29 is 0 Å². The van der Waals surface area contributed by atoms with Crippen LogP contribution in [-0.4, -0.2) is 15.0 Å². The van der Waals surface area contributed by atoms with E-state index in [0.29, 0.717) is 5.82 Å². The van der Waals surface area contributed by atoms with Crippen LogP contribution in [0.5, 0.6) is 0 Å². The Morgan fingerprint density at radius 2 is 1.00 bits per heavy atom. The van der Waals surface area contributed by atoms with Crippen molar-refractivity contribution in [3.8, 4) is 67.3 Å². The molecule has 0 radical (unpaired) electrons. The standard InChI is InChI=1S/C50H35N3/c1-50(2)47-37-16-7-6-12-33(37)25-26-44(47)43-20-10-19-42(48(43)50)40-27-28-41(39-18-9-8-17-38(39)40)46-30-45(52-49(53-46)35-13-4-3-5-14-35)34-23-21-32(22-24-34)36-15-11-29-51-31-36/h3-31H,1-2H3. The van der Waals surface area contributed by atoms with Gasteiger partial charge in [-0.15, -0.1) is 0 Å². The Hall–Kier alpha value is -6.71. The number of hydrogen-bond acceptors (Lipinski definition) is 3. The molecule has 2 heterocycles. The van der Waals surface area contributed by atoms with Crippen LogP contribution in [0.25, 0.3) is 88.8 Å². The maximum Gasteiger partial charge on any atom is 0.160 e. The first-order valence-corrected chi connectivity index (χ1v) is 18.2. The molecule has 0 atom stereocenters. The molecule has 7 aromatic carbocycles. The van der Waals surface area contributed by atoms with Crippen LogP contribution in [0.2, 0.25) is 0 Å². The molecule has 0 fully saturated rings. The number of pyridine rings is 1. The second-order valence-electron chi connectivity index (χ2n) is 14.4. The number of rotatable bonds is 5. The van der Waals surface area contributed by atoms with E-state index in [1.165, 1.54) is 49.5 Å². The Kier molecular flexibility index (Phi) is 7.16. The summed E-state index contributed by atoms with van der Waals surface area (Å²) < 4.78 is 0. The molecule has 3 heteroatoms. The van der Waals surface area contributed by atoms with Crippen LogP contribution in [-0.2, 0) is 5.41 Å². The third-order valence-electron chi connectivity index (χ3n) is 11.0. The van der Waals surface area contributed by atoms with Crippen LogP contribution in [0.15, 0.2) is 176 Å². The first-order valence-electron chi connectivity index (χ1n) is 18.2. The fourth-order valence-corrected chi connectivity index (χ4v) is 8.54. The van der Waals surface area contributed by atoms with E-state index in [0.717, 1.165) is 44.6 Å². The molecule has 0 bridgehead atoms. The lowest BCUT2D eigenvalue weighted by Gasteiger charge is -2.26. The molecule has 10 rings (SSSR count). The molecule has 0 saturated heterocycles. The third kappa shape index (κ3) is 5.08. The number of fused-ring (bicyclic) bond motifs is 6. The highest BCUT2D eigenvalue weighted by Crippen LogP contribution is 2.55. The van der Waals surface area contributed by atoms with Crippen LogP contribution in [0.1, 0.15) is 25.0 Å². The van der Waals surface area contributed by atoms with Crippen molar-refractivity contribution in [2.45, 2.75) is 19.3 Å². The largest absolute Gasteiger partial charge is 0.264 e. The van der Waals surface area contributed by atoms with Crippen molar-refractivity contribution in [2.24, 2.45) is 0 Å². The van der Waals surface area contributed by atoms with Gasteiger partial charge >= 0.3 is 0 Å². The van der Waals surface area contributed by atoms with Crippen molar-refractivity contribution in [1.29, 1.82) is 0 Å². The van der Waals surface area contributed by atoms with E-state index in [4.69, 9.17) is 9.97 Å². The van der Waals surface area contributed by atoms with Gasteiger partial charge in [-0.1, -0.05) is 166 Å². The minimum absolute atomic E-state index is 0.180. The first-order chi connectivity index (χ1) is 26.0. The maximum absolute atomic E-state index is 5.23. The molecule has 0 unspecified atom stereocenters. The lowest BCUT2D eigenvalue weighted by Crippen LogP contribution is -2.17. The lowest BCUT2D eigenvalue weighted by molar-refractivity contribution is 0.668. The van der Waals surface area contributed by atoms with Gasteiger partial charge in [0, 0.05) is 34.5 Å². The van der Waals surface area contributed by atoms with E-state index >= 15 is 0 Å². The molecular weight excluding hydrogens is 643 g/mol. The average Bonchev–Trinajstić information content (AvgIpc) is 3.47. The van der Waals surface area contributed by atoms with E-state index in [1.807, 2.05) is 30.5 Å². The van der Waals surface area contributed by atoms with Crippen LogP contribution in [0, 0.1) is 0 Å². The second kappa shape index (κ2) is 12.2. The summed E-state index contributed by atoms with van der Waals surface area (Å²) in [7, 11) is 0. The van der Waals surface area contributed by atoms with E-state index in [1.54, 1.807) is 6.20 Å². The number of aromatic nitrogens is 3. The van der Waals surface area contributed by atoms with Crippen molar-refractivity contribution in [1.82, 2.24) is 15.0 Å². The number of hydrogen-bond donors (Lipinski definition) is 0. The predicted octanol–water partition coefficient (Wildman–Crippen LogP) is 12.8. The molecule has 0 spiro atoms. The molecule has 2 aromatic heterocycles. The van der Waals surface area contributed by atoms with Gasteiger partial charge in [0.25, 0.3) is 0 Å². The normalized spacial score (nSPS) is 12.9. The Balaban J connectivity index is 1.14. The monoisotopic (exact) mass is 677 g/mol. The summed E-state index contributed by atoms with van der Waals surface area (Å²) >= 11 is 0. The molecule has 1 aliphatic rings. The summed E-state index contributed by atoms with van der Waals surface area (Å²) in [6.45, 7) is 4.78. The van der Waals surface area contributed by atoms with Gasteiger partial charge in [0.2, 0.25) is 0 Å². The third-order valence-corrected chi connectivity index (χ3v) is 11.0. The van der Waals surface area contributed by atoms with E-state index in [9.17, 15) is 0 Å². The van der Waals surface area contributed by atoms with Gasteiger partial charge < -0.3 is 0 Å². The van der Waals surface area contributed by atoms with Crippen molar-refractivity contribution >= 4 is 21.5 Å². The van der Waals surface area contributed by atoms with E-state index in [2.05, 4.69) is 158 Å². The minimum atomic E-state index is -0.180. The predicted molar refractivity (Wildman–Crippen MR) is 220 cm³/mol. The molecular formula is C50H35N3. The Labute approximate surface area is 309 Å². The highest BCUT2D eigenvalue weighted by atomic mass is 14.9. The highest BCUT2D eigenvalue weighted by Gasteiger charge is 2.39. The summed E-state index contributed by atoms with van der Waals surface area (Å²) in [6.07, 6.45) is 3.70. The molecule has 0 amide bonds. The molecule has 9 aromatic rings. The zero-order valence-corrected chi connectivity index (χ0v) is 29.6. The smallest absolute Gasteiger partial charge is 0.160 e. The summed E-state index contributed by atoms with van der Waals surface area (Å²) in [6, 6.07) is 58.6.